The molecule has 0 bridgehead atoms. The third-order valence-corrected chi connectivity index (χ3v) is 5.41. The van der Waals surface area contributed by atoms with Crippen molar-refractivity contribution in [3.05, 3.63) is 72.3 Å². The van der Waals surface area contributed by atoms with Gasteiger partial charge in [0.15, 0.2) is 12.1 Å². The molecule has 34 heavy (non-hydrogen) atoms. The molecule has 0 aliphatic carbocycles. The van der Waals surface area contributed by atoms with Crippen molar-refractivity contribution in [2.24, 2.45) is 5.92 Å². The van der Waals surface area contributed by atoms with Crippen LogP contribution in [0.15, 0.2) is 66.7 Å². The van der Waals surface area contributed by atoms with Crippen LogP contribution in [0.25, 0.3) is 21.9 Å². The second kappa shape index (κ2) is 10.8. The van der Waals surface area contributed by atoms with Gasteiger partial charge in [-0.15, -0.1) is 0 Å². The van der Waals surface area contributed by atoms with E-state index in [4.69, 9.17) is 5.11 Å². The number of carboxylic acids is 2. The number of aliphatic hydroxyl groups is 1. The van der Waals surface area contributed by atoms with Crippen LogP contribution in [0.3, 0.4) is 0 Å². The number of hydrogen-bond donors (Lipinski definition) is 4. The lowest BCUT2D eigenvalue weighted by Crippen LogP contribution is -2.49. The Labute approximate surface area is 197 Å². The summed E-state index contributed by atoms with van der Waals surface area (Å²) in [6.07, 6.45) is -1.77. The van der Waals surface area contributed by atoms with Crippen LogP contribution in [0.2, 0.25) is 0 Å². The summed E-state index contributed by atoms with van der Waals surface area (Å²) >= 11 is 0. The Bertz CT molecular complexity index is 1170. The summed E-state index contributed by atoms with van der Waals surface area (Å²) in [6, 6.07) is 18.7. The van der Waals surface area contributed by atoms with Crippen LogP contribution < -0.4 is 5.32 Å². The standard InChI is InChI=1S/C26H28N2O6/c1-16(2)14-28(15-22(29)24(30)31)26(34)27-23(25(32)33)19-12-10-18(11-13-19)21-9-5-7-17-6-3-4-8-20(17)21/h3-13,16,22-23,29H,14-15H2,1-2H3,(H,27,34)(H,30,31)(H,32,33). The second-order valence-electron chi connectivity index (χ2n) is 8.52. The van der Waals surface area contributed by atoms with E-state index in [1.165, 1.54) is 0 Å². The van der Waals surface area contributed by atoms with Crippen molar-refractivity contribution in [2.45, 2.75) is 26.0 Å². The van der Waals surface area contributed by atoms with Crippen molar-refractivity contribution in [1.82, 2.24) is 10.2 Å². The van der Waals surface area contributed by atoms with Gasteiger partial charge < -0.3 is 25.5 Å². The van der Waals surface area contributed by atoms with Gasteiger partial charge in [-0.3, -0.25) is 0 Å². The maximum atomic E-state index is 12.8. The molecule has 3 rings (SSSR count). The molecule has 8 nitrogen and oxygen atoms in total. The SMILES string of the molecule is CC(C)CN(CC(O)C(=O)O)C(=O)NC(C(=O)O)c1ccc(-c2cccc3ccccc23)cc1. The molecule has 4 N–H and O–H groups in total. The fourth-order valence-electron chi connectivity index (χ4n) is 3.80. The molecule has 0 heterocycles. The second-order valence-corrected chi connectivity index (χ2v) is 8.52. The smallest absolute Gasteiger partial charge is 0.334 e. The average molecular weight is 465 g/mol. The third kappa shape index (κ3) is 5.90. The Hall–Kier alpha value is -3.91. The molecule has 8 heteroatoms. The summed E-state index contributed by atoms with van der Waals surface area (Å²) in [4.78, 5) is 36.9. The quantitative estimate of drug-likeness (QED) is 0.382. The summed E-state index contributed by atoms with van der Waals surface area (Å²) < 4.78 is 0. The first kappa shape index (κ1) is 24.7. The van der Waals surface area contributed by atoms with Crippen LogP contribution >= 0.6 is 0 Å². The maximum absolute atomic E-state index is 12.8. The predicted octanol–water partition coefficient (Wildman–Crippen LogP) is 3.75. The third-order valence-electron chi connectivity index (χ3n) is 5.41. The first-order valence-electron chi connectivity index (χ1n) is 10.9. The number of carbonyl (C=O) groups is 3. The van der Waals surface area contributed by atoms with E-state index in [1.807, 2.05) is 56.3 Å². The normalized spacial score (nSPS) is 12.8. The Morgan fingerprint density at radius 1 is 0.853 bits per heavy atom. The highest BCUT2D eigenvalue weighted by Crippen LogP contribution is 2.29. The topological polar surface area (TPSA) is 127 Å². The van der Waals surface area contributed by atoms with E-state index in [2.05, 4.69) is 5.32 Å². The number of aliphatic carboxylic acids is 2. The molecule has 2 unspecified atom stereocenters. The summed E-state index contributed by atoms with van der Waals surface area (Å²) in [6.45, 7) is 3.36. The summed E-state index contributed by atoms with van der Waals surface area (Å²) in [5.41, 5.74) is 2.28. The first-order valence-corrected chi connectivity index (χ1v) is 10.9. The largest absolute Gasteiger partial charge is 0.479 e. The molecular formula is C26H28N2O6. The highest BCUT2D eigenvalue weighted by molar-refractivity contribution is 5.96. The van der Waals surface area contributed by atoms with Gasteiger partial charge in [0.2, 0.25) is 0 Å². The van der Waals surface area contributed by atoms with Crippen LogP contribution in [0.1, 0.15) is 25.5 Å². The zero-order valence-electron chi connectivity index (χ0n) is 19.0. The molecule has 3 aromatic carbocycles. The van der Waals surface area contributed by atoms with E-state index in [0.29, 0.717) is 5.56 Å². The number of aliphatic hydroxyl groups excluding tert-OH is 1. The number of fused-ring (bicyclic) bond motifs is 1. The molecule has 3 aromatic rings. The predicted molar refractivity (Wildman–Crippen MR) is 128 cm³/mol. The molecule has 2 amide bonds. The van der Waals surface area contributed by atoms with Gasteiger partial charge in [0.25, 0.3) is 0 Å². The summed E-state index contributed by atoms with van der Waals surface area (Å²) in [5, 5.41) is 33.1. The molecule has 178 valence electrons. The molecule has 0 aliphatic rings. The molecule has 0 saturated carbocycles. The van der Waals surface area contributed by atoms with E-state index in [1.54, 1.807) is 24.3 Å². The van der Waals surface area contributed by atoms with Gasteiger partial charge in [-0.25, -0.2) is 14.4 Å². The lowest BCUT2D eigenvalue weighted by molar-refractivity contribution is -0.147. The minimum absolute atomic E-state index is 0.0185. The van der Waals surface area contributed by atoms with Gasteiger partial charge in [-0.1, -0.05) is 80.6 Å². The van der Waals surface area contributed by atoms with Crippen molar-refractivity contribution in [3.63, 3.8) is 0 Å². The fraction of sp³-hybridized carbons (Fsp3) is 0.269. The van der Waals surface area contributed by atoms with Crippen molar-refractivity contribution in [2.75, 3.05) is 13.1 Å². The lowest BCUT2D eigenvalue weighted by atomic mass is 9.96. The van der Waals surface area contributed by atoms with Gasteiger partial charge in [0.05, 0.1) is 6.54 Å². The molecule has 0 spiro atoms. The number of urea groups is 1. The van der Waals surface area contributed by atoms with Gasteiger partial charge >= 0.3 is 18.0 Å². The zero-order valence-corrected chi connectivity index (χ0v) is 19.0. The molecule has 0 fully saturated rings. The highest BCUT2D eigenvalue weighted by atomic mass is 16.4. The van der Waals surface area contributed by atoms with Gasteiger partial charge in [0, 0.05) is 6.54 Å². The number of hydrogen-bond acceptors (Lipinski definition) is 4. The minimum atomic E-state index is -1.77. The average Bonchev–Trinajstić information content (AvgIpc) is 2.81. The highest BCUT2D eigenvalue weighted by Gasteiger charge is 2.28. The van der Waals surface area contributed by atoms with Crippen LogP contribution in [-0.2, 0) is 9.59 Å². The van der Waals surface area contributed by atoms with E-state index >= 15 is 0 Å². The number of rotatable bonds is 9. The number of nitrogens with one attached hydrogen (secondary N) is 1. The van der Waals surface area contributed by atoms with E-state index in [0.717, 1.165) is 26.8 Å². The number of benzene rings is 3. The minimum Gasteiger partial charge on any atom is -0.479 e. The Morgan fingerprint density at radius 3 is 2.12 bits per heavy atom. The molecule has 0 saturated heterocycles. The Balaban J connectivity index is 1.83. The monoisotopic (exact) mass is 464 g/mol. The molecule has 0 aliphatic heterocycles. The number of nitrogens with zero attached hydrogens (tertiary/aromatic N) is 1. The Morgan fingerprint density at radius 2 is 1.50 bits per heavy atom. The lowest BCUT2D eigenvalue weighted by Gasteiger charge is -2.27. The number of amides is 2. The van der Waals surface area contributed by atoms with E-state index < -0.39 is 36.7 Å². The summed E-state index contributed by atoms with van der Waals surface area (Å²) in [5.74, 6) is -2.73. The van der Waals surface area contributed by atoms with Crippen LogP contribution in [0, 0.1) is 5.92 Å². The van der Waals surface area contributed by atoms with Crippen molar-refractivity contribution >= 4 is 28.7 Å². The first-order chi connectivity index (χ1) is 16.2. The van der Waals surface area contributed by atoms with Crippen LogP contribution in [-0.4, -0.2) is 57.4 Å². The van der Waals surface area contributed by atoms with Crippen molar-refractivity contribution in [3.8, 4) is 11.1 Å². The fourth-order valence-corrected chi connectivity index (χ4v) is 3.80. The van der Waals surface area contributed by atoms with Crippen molar-refractivity contribution in [1.29, 1.82) is 0 Å². The van der Waals surface area contributed by atoms with Gasteiger partial charge in [-0.2, -0.15) is 0 Å². The zero-order chi connectivity index (χ0) is 24.8. The number of carboxylic acid groups (broad SMARTS) is 2. The van der Waals surface area contributed by atoms with E-state index in [9.17, 15) is 24.6 Å². The summed E-state index contributed by atoms with van der Waals surface area (Å²) in [7, 11) is 0. The molecular weight excluding hydrogens is 436 g/mol. The van der Waals surface area contributed by atoms with Gasteiger partial charge in [-0.05, 0) is 33.4 Å². The van der Waals surface area contributed by atoms with Crippen molar-refractivity contribution < 1.29 is 29.7 Å². The van der Waals surface area contributed by atoms with E-state index in [-0.39, 0.29) is 12.5 Å². The maximum Gasteiger partial charge on any atom is 0.334 e. The molecule has 0 radical (unpaired) electrons. The molecule has 0 aromatic heterocycles. The van der Waals surface area contributed by atoms with Crippen LogP contribution in [0.5, 0.6) is 0 Å². The van der Waals surface area contributed by atoms with Crippen LogP contribution in [0.4, 0.5) is 4.79 Å². The Kier molecular flexibility index (Phi) is 7.86. The van der Waals surface area contributed by atoms with Gasteiger partial charge in [0.1, 0.15) is 0 Å². The molecule has 2 atom stereocenters. The number of carbonyl (C=O) groups excluding carboxylic acids is 1.